The second kappa shape index (κ2) is 7.61. The molecule has 1 fully saturated rings. The molecule has 1 aliphatic heterocycles. The fraction of sp³-hybridized carbons (Fsp3) is 0.500. The number of nitrogens with zero attached hydrogens (tertiary/aromatic N) is 4. The van der Waals surface area contributed by atoms with Crippen molar-refractivity contribution in [3.05, 3.63) is 40.3 Å². The van der Waals surface area contributed by atoms with E-state index in [1.807, 2.05) is 29.2 Å². The first kappa shape index (κ1) is 18.5. The molecule has 2 heterocycles. The van der Waals surface area contributed by atoms with Gasteiger partial charge >= 0.3 is 0 Å². The molecule has 1 saturated carbocycles. The number of nitrogens with one attached hydrogen (secondary N) is 1. The Morgan fingerprint density at radius 1 is 1.14 bits per heavy atom. The molecule has 2 aromatic rings. The SMILES string of the molecule is COc1ccc(N2CCn3c2nnc(C(=O)N[C@@H]2CCCC[C@@H]2C)c3=O)cc1. The van der Waals surface area contributed by atoms with Crippen LogP contribution in [0.1, 0.15) is 43.1 Å². The van der Waals surface area contributed by atoms with Crippen molar-refractivity contribution < 1.29 is 9.53 Å². The largest absolute Gasteiger partial charge is 0.497 e. The van der Waals surface area contributed by atoms with Crippen molar-refractivity contribution >= 4 is 17.5 Å². The zero-order valence-corrected chi connectivity index (χ0v) is 16.2. The average molecular weight is 383 g/mol. The minimum Gasteiger partial charge on any atom is -0.497 e. The van der Waals surface area contributed by atoms with E-state index in [9.17, 15) is 9.59 Å². The monoisotopic (exact) mass is 383 g/mol. The summed E-state index contributed by atoms with van der Waals surface area (Å²) in [5.41, 5.74) is 0.383. The summed E-state index contributed by atoms with van der Waals surface area (Å²) in [5.74, 6) is 1.20. The number of benzene rings is 1. The Bertz CT molecular complexity index is 924. The first-order valence-corrected chi connectivity index (χ1v) is 9.78. The minimum absolute atomic E-state index is 0.0940. The van der Waals surface area contributed by atoms with Gasteiger partial charge in [-0.3, -0.25) is 14.2 Å². The van der Waals surface area contributed by atoms with Gasteiger partial charge in [-0.15, -0.1) is 10.2 Å². The van der Waals surface area contributed by atoms with Gasteiger partial charge in [-0.1, -0.05) is 19.8 Å². The number of fused-ring (bicyclic) bond motifs is 1. The molecule has 0 spiro atoms. The van der Waals surface area contributed by atoms with Gasteiger partial charge in [0.05, 0.1) is 7.11 Å². The van der Waals surface area contributed by atoms with E-state index in [1.54, 1.807) is 7.11 Å². The van der Waals surface area contributed by atoms with Gasteiger partial charge in [-0.25, -0.2) is 0 Å². The van der Waals surface area contributed by atoms with Gasteiger partial charge in [0.25, 0.3) is 11.5 Å². The van der Waals surface area contributed by atoms with Crippen LogP contribution in [0.4, 0.5) is 11.6 Å². The van der Waals surface area contributed by atoms with Crippen LogP contribution in [0.5, 0.6) is 5.75 Å². The minimum atomic E-state index is -0.422. The number of carbonyl (C=O) groups is 1. The maximum atomic E-state index is 12.9. The lowest BCUT2D eigenvalue weighted by atomic mass is 9.86. The zero-order chi connectivity index (χ0) is 19.7. The normalized spacial score (nSPS) is 21.3. The maximum Gasteiger partial charge on any atom is 0.286 e. The third-order valence-electron chi connectivity index (χ3n) is 5.74. The number of methoxy groups -OCH3 is 1. The summed E-state index contributed by atoms with van der Waals surface area (Å²) < 4.78 is 6.71. The van der Waals surface area contributed by atoms with Crippen LogP contribution < -0.4 is 20.5 Å². The van der Waals surface area contributed by atoms with Crippen molar-refractivity contribution in [1.29, 1.82) is 0 Å². The molecule has 1 aliphatic carbocycles. The van der Waals surface area contributed by atoms with Crippen molar-refractivity contribution in [3.8, 4) is 5.75 Å². The molecular weight excluding hydrogens is 358 g/mol. The van der Waals surface area contributed by atoms with Gasteiger partial charge in [0, 0.05) is 24.8 Å². The van der Waals surface area contributed by atoms with Crippen LogP contribution in [0.25, 0.3) is 0 Å². The van der Waals surface area contributed by atoms with Crippen LogP contribution in [-0.2, 0) is 6.54 Å². The number of hydrogen-bond acceptors (Lipinski definition) is 6. The summed E-state index contributed by atoms with van der Waals surface area (Å²) in [6, 6.07) is 7.63. The summed E-state index contributed by atoms with van der Waals surface area (Å²) in [7, 11) is 1.62. The molecule has 0 radical (unpaired) electrons. The van der Waals surface area contributed by atoms with Crippen LogP contribution in [0.15, 0.2) is 29.1 Å². The van der Waals surface area contributed by atoms with Crippen LogP contribution in [0, 0.1) is 5.92 Å². The predicted octanol–water partition coefficient (Wildman–Crippen LogP) is 2.11. The molecule has 0 unspecified atom stereocenters. The van der Waals surface area contributed by atoms with E-state index in [4.69, 9.17) is 4.74 Å². The summed E-state index contributed by atoms with van der Waals surface area (Å²) in [6.45, 7) is 3.20. The highest BCUT2D eigenvalue weighted by atomic mass is 16.5. The number of rotatable bonds is 4. The maximum absolute atomic E-state index is 12.9. The van der Waals surface area contributed by atoms with E-state index in [1.165, 1.54) is 11.0 Å². The van der Waals surface area contributed by atoms with E-state index in [0.29, 0.717) is 25.0 Å². The highest BCUT2D eigenvalue weighted by Crippen LogP contribution is 2.28. The standard InChI is InChI=1S/C20H25N5O3/c1-13-5-3-4-6-16(13)21-18(26)17-19(27)25-12-11-24(20(25)23-22-17)14-7-9-15(28-2)10-8-14/h7-10,13,16H,3-6,11-12H2,1-2H3,(H,21,26)/t13-,16+/m0/s1. The summed E-state index contributed by atoms with van der Waals surface area (Å²) >= 11 is 0. The summed E-state index contributed by atoms with van der Waals surface area (Å²) in [6.07, 6.45) is 4.32. The lowest BCUT2D eigenvalue weighted by Crippen LogP contribution is -2.44. The third kappa shape index (κ3) is 3.34. The van der Waals surface area contributed by atoms with E-state index in [0.717, 1.165) is 30.7 Å². The summed E-state index contributed by atoms with van der Waals surface area (Å²) in [4.78, 5) is 27.4. The number of amides is 1. The molecule has 1 N–H and O–H groups in total. The highest BCUT2D eigenvalue weighted by Gasteiger charge is 2.29. The van der Waals surface area contributed by atoms with E-state index in [-0.39, 0.29) is 17.3 Å². The first-order valence-electron chi connectivity index (χ1n) is 9.78. The van der Waals surface area contributed by atoms with Gasteiger partial charge < -0.3 is 15.0 Å². The Morgan fingerprint density at radius 2 is 1.89 bits per heavy atom. The van der Waals surface area contributed by atoms with Crippen LogP contribution in [0.2, 0.25) is 0 Å². The Kier molecular flexibility index (Phi) is 5.02. The Balaban J connectivity index is 1.56. The molecule has 148 valence electrons. The topological polar surface area (TPSA) is 89.3 Å². The predicted molar refractivity (Wildman–Crippen MR) is 105 cm³/mol. The molecular formula is C20H25N5O3. The van der Waals surface area contributed by atoms with Gasteiger partial charge in [0.15, 0.2) is 0 Å². The molecule has 2 aliphatic rings. The van der Waals surface area contributed by atoms with Gasteiger partial charge in [0.1, 0.15) is 5.75 Å². The zero-order valence-electron chi connectivity index (χ0n) is 16.2. The highest BCUT2D eigenvalue weighted by molar-refractivity contribution is 5.92. The number of aromatic nitrogens is 3. The van der Waals surface area contributed by atoms with Crippen molar-refractivity contribution in [3.63, 3.8) is 0 Å². The van der Waals surface area contributed by atoms with Crippen molar-refractivity contribution in [1.82, 2.24) is 20.1 Å². The fourth-order valence-corrected chi connectivity index (χ4v) is 4.03. The van der Waals surface area contributed by atoms with Crippen LogP contribution in [-0.4, -0.2) is 40.4 Å². The van der Waals surface area contributed by atoms with Crippen molar-refractivity contribution in [2.24, 2.45) is 5.92 Å². The van der Waals surface area contributed by atoms with Gasteiger partial charge in [-0.05, 0) is 43.0 Å². The molecule has 0 bridgehead atoms. The molecule has 28 heavy (non-hydrogen) atoms. The van der Waals surface area contributed by atoms with Crippen LogP contribution in [0.3, 0.4) is 0 Å². The van der Waals surface area contributed by atoms with Gasteiger partial charge in [0.2, 0.25) is 11.6 Å². The Labute approximate surface area is 163 Å². The number of carbonyl (C=O) groups excluding carboxylic acids is 1. The van der Waals surface area contributed by atoms with Gasteiger partial charge in [-0.2, -0.15) is 0 Å². The van der Waals surface area contributed by atoms with E-state index in [2.05, 4.69) is 22.4 Å². The summed E-state index contributed by atoms with van der Waals surface area (Å²) in [5, 5.41) is 11.2. The molecule has 1 aromatic heterocycles. The van der Waals surface area contributed by atoms with Crippen molar-refractivity contribution in [2.45, 2.75) is 45.2 Å². The Hall–Kier alpha value is -2.90. The number of hydrogen-bond donors (Lipinski definition) is 1. The smallest absolute Gasteiger partial charge is 0.286 e. The second-order valence-corrected chi connectivity index (χ2v) is 7.50. The second-order valence-electron chi connectivity index (χ2n) is 7.50. The lowest BCUT2D eigenvalue weighted by molar-refractivity contribution is 0.0901. The third-order valence-corrected chi connectivity index (χ3v) is 5.74. The molecule has 2 atom stereocenters. The average Bonchev–Trinajstić information content (AvgIpc) is 3.15. The molecule has 0 saturated heterocycles. The molecule has 8 heteroatoms. The fourth-order valence-electron chi connectivity index (χ4n) is 4.03. The first-order chi connectivity index (χ1) is 13.6. The van der Waals surface area contributed by atoms with Crippen molar-refractivity contribution in [2.75, 3.05) is 18.6 Å². The molecule has 4 rings (SSSR count). The molecule has 8 nitrogen and oxygen atoms in total. The molecule has 1 amide bonds. The molecule has 1 aromatic carbocycles. The van der Waals surface area contributed by atoms with E-state index >= 15 is 0 Å². The Morgan fingerprint density at radius 3 is 2.61 bits per heavy atom. The van der Waals surface area contributed by atoms with E-state index < -0.39 is 5.91 Å². The quantitative estimate of drug-likeness (QED) is 0.870. The number of anilines is 2. The van der Waals surface area contributed by atoms with Crippen LogP contribution >= 0.6 is 0 Å². The lowest BCUT2D eigenvalue weighted by Gasteiger charge is -2.29. The number of ether oxygens (including phenoxy) is 1.